The van der Waals surface area contributed by atoms with Crippen molar-refractivity contribution in [1.82, 2.24) is 4.98 Å². The van der Waals surface area contributed by atoms with Gasteiger partial charge in [0.05, 0.1) is 16.3 Å². The van der Waals surface area contributed by atoms with Crippen LogP contribution in [0.15, 0.2) is 65.2 Å². The van der Waals surface area contributed by atoms with E-state index >= 15 is 0 Å². The maximum atomic E-state index is 14.9. The normalized spacial score (nSPS) is 11.5. The van der Waals surface area contributed by atoms with E-state index < -0.39 is 11.8 Å². The first-order valence-electron chi connectivity index (χ1n) is 9.67. The summed E-state index contributed by atoms with van der Waals surface area (Å²) in [6.07, 6.45) is 1.97. The van der Waals surface area contributed by atoms with Crippen LogP contribution in [0, 0.1) is 25.6 Å². The molecule has 0 N–H and O–H groups in total. The highest BCUT2D eigenvalue weighted by atomic mass is 19.1. The number of pyridine rings is 2. The molecule has 148 valence electrons. The Balaban J connectivity index is 1.82. The summed E-state index contributed by atoms with van der Waals surface area (Å²) in [6.45, 7) is 3.90. The fourth-order valence-corrected chi connectivity index (χ4v) is 3.94. The van der Waals surface area contributed by atoms with Crippen molar-refractivity contribution in [2.45, 2.75) is 13.8 Å². The van der Waals surface area contributed by atoms with Crippen molar-refractivity contribution in [2.75, 3.05) is 0 Å². The van der Waals surface area contributed by atoms with Gasteiger partial charge < -0.3 is 4.42 Å². The number of nitrogens with zero attached hydrogens (tertiary/aromatic N) is 2. The minimum absolute atomic E-state index is 0.0908. The molecule has 0 unspecified atom stereocenters. The Morgan fingerprint density at radius 3 is 2.43 bits per heavy atom. The zero-order valence-corrected chi connectivity index (χ0v) is 16.8. The molecule has 0 bridgehead atoms. The van der Waals surface area contributed by atoms with E-state index in [9.17, 15) is 8.78 Å². The second kappa shape index (κ2) is 6.73. The molecular weight excluding hydrogens is 382 g/mol. The Bertz CT molecular complexity index is 1440. The lowest BCUT2D eigenvalue weighted by Crippen LogP contribution is -2.30. The number of halogens is 2. The molecule has 5 heteroatoms. The van der Waals surface area contributed by atoms with Crippen molar-refractivity contribution in [3.05, 3.63) is 83.7 Å². The Kier molecular flexibility index (Phi) is 4.13. The average molecular weight is 401 g/mol. The molecule has 0 atom stereocenters. The largest absolute Gasteiger partial charge is 0.437 e. The van der Waals surface area contributed by atoms with Crippen LogP contribution in [0.1, 0.15) is 11.1 Å². The third-order valence-corrected chi connectivity index (χ3v) is 5.52. The van der Waals surface area contributed by atoms with Crippen LogP contribution in [-0.4, -0.2) is 4.98 Å². The Labute approximate surface area is 172 Å². The molecule has 3 aromatic heterocycles. The predicted octanol–water partition coefficient (Wildman–Crippen LogP) is 6.03. The first-order valence-corrected chi connectivity index (χ1v) is 9.67. The minimum Gasteiger partial charge on any atom is -0.437 e. The summed E-state index contributed by atoms with van der Waals surface area (Å²) in [5, 5.41) is 0.779. The Morgan fingerprint density at radius 1 is 0.900 bits per heavy atom. The van der Waals surface area contributed by atoms with Crippen molar-refractivity contribution in [3.63, 3.8) is 0 Å². The molecule has 0 fully saturated rings. The van der Waals surface area contributed by atoms with Crippen LogP contribution in [0.25, 0.3) is 44.5 Å². The molecule has 0 radical (unpaired) electrons. The molecule has 3 nitrogen and oxygen atoms in total. The molecule has 30 heavy (non-hydrogen) atoms. The zero-order valence-electron chi connectivity index (χ0n) is 16.8. The van der Waals surface area contributed by atoms with Crippen LogP contribution >= 0.6 is 0 Å². The lowest BCUT2D eigenvalue weighted by Gasteiger charge is -2.09. The summed E-state index contributed by atoms with van der Waals surface area (Å²) >= 11 is 0. The van der Waals surface area contributed by atoms with E-state index in [0.29, 0.717) is 16.4 Å². The highest BCUT2D eigenvalue weighted by Crippen LogP contribution is 2.38. The molecule has 2 aromatic carbocycles. The van der Waals surface area contributed by atoms with Gasteiger partial charge in [0.25, 0.3) is 0 Å². The number of fused-ring (bicyclic) bond motifs is 3. The van der Waals surface area contributed by atoms with Gasteiger partial charge in [0.2, 0.25) is 17.4 Å². The van der Waals surface area contributed by atoms with E-state index in [2.05, 4.69) is 42.2 Å². The quantitative estimate of drug-likeness (QED) is 0.267. The molecule has 0 aliphatic heterocycles. The number of aryl methyl sites for hydroxylation is 3. The van der Waals surface area contributed by atoms with Crippen LogP contribution < -0.4 is 4.57 Å². The van der Waals surface area contributed by atoms with Gasteiger partial charge >= 0.3 is 0 Å². The summed E-state index contributed by atoms with van der Waals surface area (Å²) < 4.78 is 36.4. The number of furan rings is 1. The lowest BCUT2D eigenvalue weighted by atomic mass is 9.97. The Hall–Kier alpha value is -3.60. The SMILES string of the molecule is Cc1ccc(-c2cc[n+](C)c(-c3c(C)cc(F)c4c3oc3nc(F)ccc34)c2)cc1. The van der Waals surface area contributed by atoms with Gasteiger partial charge in [-0.2, -0.15) is 9.37 Å². The highest BCUT2D eigenvalue weighted by molar-refractivity contribution is 6.09. The second-order valence-corrected chi connectivity index (χ2v) is 7.62. The maximum Gasteiger partial charge on any atom is 0.230 e. The summed E-state index contributed by atoms with van der Waals surface area (Å²) in [5.41, 5.74) is 6.16. The van der Waals surface area contributed by atoms with Crippen LogP contribution in [0.5, 0.6) is 0 Å². The predicted molar refractivity (Wildman–Crippen MR) is 113 cm³/mol. The number of aromatic nitrogens is 2. The van der Waals surface area contributed by atoms with Crippen molar-refractivity contribution in [3.8, 4) is 22.4 Å². The molecule has 5 aromatic rings. The minimum atomic E-state index is -0.660. The van der Waals surface area contributed by atoms with Crippen LogP contribution in [0.2, 0.25) is 0 Å². The molecule has 5 rings (SSSR count). The van der Waals surface area contributed by atoms with E-state index in [1.807, 2.05) is 30.8 Å². The van der Waals surface area contributed by atoms with Crippen molar-refractivity contribution in [2.24, 2.45) is 7.05 Å². The summed E-state index contributed by atoms with van der Waals surface area (Å²) in [5.74, 6) is -1.07. The lowest BCUT2D eigenvalue weighted by molar-refractivity contribution is -0.660. The van der Waals surface area contributed by atoms with Crippen LogP contribution in [0.4, 0.5) is 8.78 Å². The van der Waals surface area contributed by atoms with E-state index in [0.717, 1.165) is 27.9 Å². The van der Waals surface area contributed by atoms with Gasteiger partial charge in [0.1, 0.15) is 12.9 Å². The van der Waals surface area contributed by atoms with Crippen LogP contribution in [-0.2, 0) is 7.05 Å². The summed E-state index contributed by atoms with van der Waals surface area (Å²) in [6, 6.07) is 16.6. The highest BCUT2D eigenvalue weighted by Gasteiger charge is 2.24. The number of hydrogen-bond acceptors (Lipinski definition) is 2. The van der Waals surface area contributed by atoms with Gasteiger partial charge in [-0.25, -0.2) is 8.96 Å². The molecule has 0 spiro atoms. The number of benzene rings is 2. The molecular formula is C25H19F2N2O+. The van der Waals surface area contributed by atoms with Gasteiger partial charge in [-0.1, -0.05) is 29.8 Å². The molecule has 0 aliphatic rings. The van der Waals surface area contributed by atoms with Gasteiger partial charge in [0.15, 0.2) is 11.8 Å². The molecule has 0 aliphatic carbocycles. The standard InChI is InChI=1S/C25H19F2N2O/c1-14-4-6-16(7-5-14)17-10-11-29(3)20(13-17)22-15(2)12-19(26)23-18-8-9-21(27)28-25(18)30-24(22)23/h4-13H,1-3H3/q+1. The second-order valence-electron chi connectivity index (χ2n) is 7.62. The van der Waals surface area contributed by atoms with Crippen molar-refractivity contribution < 1.29 is 17.8 Å². The number of rotatable bonds is 2. The maximum absolute atomic E-state index is 14.9. The van der Waals surface area contributed by atoms with Gasteiger partial charge in [-0.15, -0.1) is 0 Å². The smallest absolute Gasteiger partial charge is 0.230 e. The van der Waals surface area contributed by atoms with E-state index in [1.54, 1.807) is 0 Å². The van der Waals surface area contributed by atoms with Crippen LogP contribution in [0.3, 0.4) is 0 Å². The fraction of sp³-hybridized carbons (Fsp3) is 0.120. The third kappa shape index (κ3) is 2.86. The molecule has 0 saturated carbocycles. The van der Waals surface area contributed by atoms with Gasteiger partial charge in [0, 0.05) is 12.1 Å². The third-order valence-electron chi connectivity index (χ3n) is 5.52. The van der Waals surface area contributed by atoms with Gasteiger partial charge in [-0.3, -0.25) is 0 Å². The molecule has 3 heterocycles. The first kappa shape index (κ1) is 18.4. The van der Waals surface area contributed by atoms with E-state index in [1.165, 1.54) is 23.8 Å². The average Bonchev–Trinajstić information content (AvgIpc) is 3.08. The monoisotopic (exact) mass is 401 g/mol. The summed E-state index contributed by atoms with van der Waals surface area (Å²) in [4.78, 5) is 3.81. The van der Waals surface area contributed by atoms with E-state index in [-0.39, 0.29) is 5.71 Å². The molecule has 0 amide bonds. The van der Waals surface area contributed by atoms with Gasteiger partial charge in [-0.05, 0) is 48.7 Å². The first-order chi connectivity index (χ1) is 14.4. The fourth-order valence-electron chi connectivity index (χ4n) is 3.94. The molecule has 0 saturated heterocycles. The van der Waals surface area contributed by atoms with Crippen molar-refractivity contribution >= 4 is 22.1 Å². The zero-order chi connectivity index (χ0) is 21.0. The van der Waals surface area contributed by atoms with Crippen molar-refractivity contribution in [1.29, 1.82) is 0 Å². The Morgan fingerprint density at radius 2 is 1.67 bits per heavy atom. The summed E-state index contributed by atoms with van der Waals surface area (Å²) in [7, 11) is 1.93. The van der Waals surface area contributed by atoms with E-state index in [4.69, 9.17) is 4.42 Å². The topological polar surface area (TPSA) is 29.9 Å². The number of hydrogen-bond donors (Lipinski definition) is 0.